The number of fused-ring (bicyclic) bond motifs is 1. The van der Waals surface area contributed by atoms with E-state index in [1.54, 1.807) is 0 Å². The summed E-state index contributed by atoms with van der Waals surface area (Å²) >= 11 is 0. The molecule has 0 radical (unpaired) electrons. The summed E-state index contributed by atoms with van der Waals surface area (Å²) in [6, 6.07) is 7.83. The number of carbonyl (C=O) groups is 1. The Morgan fingerprint density at radius 2 is 2.00 bits per heavy atom. The highest BCUT2D eigenvalue weighted by atomic mass is 16.5. The molecule has 5 nitrogen and oxygen atoms in total. The topological polar surface area (TPSA) is 61.6 Å². The maximum absolute atomic E-state index is 12.6. The minimum atomic E-state index is -0.389. The summed E-state index contributed by atoms with van der Waals surface area (Å²) in [7, 11) is 0. The minimum absolute atomic E-state index is 0.0329. The number of aromatic nitrogens is 1. The SMILES string of the molecule is Cc1ccc(-c2ocnc2C(=O)OC2CCC3COCCC3C2)cc1. The maximum Gasteiger partial charge on any atom is 0.361 e. The molecule has 1 aromatic heterocycles. The van der Waals surface area contributed by atoms with Crippen molar-refractivity contribution in [2.45, 2.75) is 38.7 Å². The summed E-state index contributed by atoms with van der Waals surface area (Å²) in [5.74, 6) is 1.32. The average molecular weight is 341 g/mol. The van der Waals surface area contributed by atoms with E-state index in [0.29, 0.717) is 17.6 Å². The summed E-state index contributed by atoms with van der Waals surface area (Å²) in [4.78, 5) is 16.7. The monoisotopic (exact) mass is 341 g/mol. The molecular weight excluding hydrogens is 318 g/mol. The van der Waals surface area contributed by atoms with E-state index >= 15 is 0 Å². The van der Waals surface area contributed by atoms with Gasteiger partial charge in [0.2, 0.25) is 0 Å². The van der Waals surface area contributed by atoms with Gasteiger partial charge in [0.05, 0.1) is 0 Å². The predicted octanol–water partition coefficient (Wildman–Crippen LogP) is 4.01. The van der Waals surface area contributed by atoms with Gasteiger partial charge in [-0.25, -0.2) is 9.78 Å². The second-order valence-corrected chi connectivity index (χ2v) is 7.12. The van der Waals surface area contributed by atoms with Crippen molar-refractivity contribution >= 4 is 5.97 Å². The summed E-state index contributed by atoms with van der Waals surface area (Å²) in [6.07, 6.45) is 5.23. The van der Waals surface area contributed by atoms with Crippen LogP contribution in [0.3, 0.4) is 0 Å². The fourth-order valence-electron chi connectivity index (χ4n) is 3.94. The lowest BCUT2D eigenvalue weighted by Gasteiger charge is -2.38. The number of hydrogen-bond donors (Lipinski definition) is 0. The third-order valence-electron chi connectivity index (χ3n) is 5.40. The quantitative estimate of drug-likeness (QED) is 0.789. The maximum atomic E-state index is 12.6. The number of oxazole rings is 1. The van der Waals surface area contributed by atoms with Gasteiger partial charge in [0, 0.05) is 18.8 Å². The molecule has 5 heteroatoms. The Morgan fingerprint density at radius 3 is 2.84 bits per heavy atom. The number of benzene rings is 1. The van der Waals surface area contributed by atoms with Crippen molar-refractivity contribution in [2.75, 3.05) is 13.2 Å². The van der Waals surface area contributed by atoms with Gasteiger partial charge in [-0.05, 0) is 44.4 Å². The molecule has 1 aliphatic heterocycles. The van der Waals surface area contributed by atoms with Crippen LogP contribution in [0.1, 0.15) is 41.7 Å². The van der Waals surface area contributed by atoms with Gasteiger partial charge in [-0.3, -0.25) is 0 Å². The van der Waals surface area contributed by atoms with Gasteiger partial charge in [-0.2, -0.15) is 0 Å². The van der Waals surface area contributed by atoms with E-state index in [4.69, 9.17) is 13.9 Å². The Morgan fingerprint density at radius 1 is 1.16 bits per heavy atom. The van der Waals surface area contributed by atoms with Crippen LogP contribution in [0.2, 0.25) is 0 Å². The Balaban J connectivity index is 1.45. The third-order valence-corrected chi connectivity index (χ3v) is 5.40. The van der Waals surface area contributed by atoms with Crippen LogP contribution in [0.25, 0.3) is 11.3 Å². The van der Waals surface area contributed by atoms with Crippen LogP contribution in [0, 0.1) is 18.8 Å². The molecule has 3 atom stereocenters. The van der Waals surface area contributed by atoms with E-state index in [2.05, 4.69) is 4.98 Å². The number of carbonyl (C=O) groups excluding carboxylic acids is 1. The average Bonchev–Trinajstić information content (AvgIpc) is 3.12. The van der Waals surface area contributed by atoms with Crippen molar-refractivity contribution in [3.05, 3.63) is 41.9 Å². The van der Waals surface area contributed by atoms with Crippen LogP contribution in [0.15, 0.2) is 35.1 Å². The largest absolute Gasteiger partial charge is 0.458 e. The zero-order valence-corrected chi connectivity index (χ0v) is 14.4. The first-order chi connectivity index (χ1) is 12.2. The lowest BCUT2D eigenvalue weighted by atomic mass is 9.75. The second-order valence-electron chi connectivity index (χ2n) is 7.12. The lowest BCUT2D eigenvalue weighted by molar-refractivity contribution is -0.0430. The van der Waals surface area contributed by atoms with Gasteiger partial charge >= 0.3 is 5.97 Å². The minimum Gasteiger partial charge on any atom is -0.458 e. The third kappa shape index (κ3) is 3.47. The smallest absolute Gasteiger partial charge is 0.361 e. The van der Waals surface area contributed by atoms with Crippen LogP contribution < -0.4 is 0 Å². The van der Waals surface area contributed by atoms with Crippen LogP contribution in [0.5, 0.6) is 0 Å². The lowest BCUT2D eigenvalue weighted by Crippen LogP contribution is -2.36. The molecule has 0 N–H and O–H groups in total. The number of ether oxygens (including phenoxy) is 2. The molecule has 1 saturated carbocycles. The molecule has 3 unspecified atom stereocenters. The summed E-state index contributed by atoms with van der Waals surface area (Å²) < 4.78 is 16.8. The molecule has 132 valence electrons. The van der Waals surface area contributed by atoms with Crippen LogP contribution >= 0.6 is 0 Å². The van der Waals surface area contributed by atoms with E-state index in [1.165, 1.54) is 6.39 Å². The van der Waals surface area contributed by atoms with Crippen molar-refractivity contribution in [1.29, 1.82) is 0 Å². The highest BCUT2D eigenvalue weighted by molar-refractivity contribution is 5.93. The van der Waals surface area contributed by atoms with Gasteiger partial charge in [0.1, 0.15) is 6.10 Å². The van der Waals surface area contributed by atoms with Gasteiger partial charge in [0.25, 0.3) is 0 Å². The number of rotatable bonds is 3. The molecular formula is C20H23NO4. The molecule has 25 heavy (non-hydrogen) atoms. The summed E-state index contributed by atoms with van der Waals surface area (Å²) in [5, 5.41) is 0. The molecule has 1 aromatic carbocycles. The van der Waals surface area contributed by atoms with Crippen LogP contribution in [-0.4, -0.2) is 30.3 Å². The molecule has 0 bridgehead atoms. The van der Waals surface area contributed by atoms with Gasteiger partial charge in [0.15, 0.2) is 17.8 Å². The summed E-state index contributed by atoms with van der Waals surface area (Å²) in [5.41, 5.74) is 2.25. The highest BCUT2D eigenvalue weighted by Crippen LogP contribution is 2.37. The molecule has 2 aliphatic rings. The Bertz CT molecular complexity index is 736. The van der Waals surface area contributed by atoms with Gasteiger partial charge in [-0.1, -0.05) is 29.8 Å². The molecule has 2 aromatic rings. The Kier molecular flexibility index (Phi) is 4.57. The van der Waals surface area contributed by atoms with E-state index in [1.807, 2.05) is 31.2 Å². The predicted molar refractivity (Wildman–Crippen MR) is 92.1 cm³/mol. The molecule has 0 amide bonds. The first-order valence-corrected chi connectivity index (χ1v) is 9.00. The number of nitrogens with zero attached hydrogens (tertiary/aromatic N) is 1. The fourth-order valence-corrected chi connectivity index (χ4v) is 3.94. The van der Waals surface area contributed by atoms with E-state index in [0.717, 1.165) is 50.0 Å². The molecule has 2 fully saturated rings. The molecule has 1 saturated heterocycles. The number of aryl methyl sites for hydroxylation is 1. The Labute approximate surface area is 147 Å². The van der Waals surface area contributed by atoms with Crippen LogP contribution in [0.4, 0.5) is 0 Å². The zero-order chi connectivity index (χ0) is 17.2. The standard InChI is InChI=1S/C20H23NO4/c1-13-2-4-14(5-3-13)19-18(21-12-24-19)20(22)25-17-7-6-16-11-23-9-8-15(16)10-17/h2-5,12,15-17H,6-11H2,1H3. The number of hydrogen-bond acceptors (Lipinski definition) is 5. The molecule has 2 heterocycles. The van der Waals surface area contributed by atoms with Crippen molar-refractivity contribution in [2.24, 2.45) is 11.8 Å². The highest BCUT2D eigenvalue weighted by Gasteiger charge is 2.35. The molecule has 4 rings (SSSR count). The molecule has 0 spiro atoms. The normalized spacial score (nSPS) is 26.0. The van der Waals surface area contributed by atoms with E-state index < -0.39 is 0 Å². The van der Waals surface area contributed by atoms with Gasteiger partial charge in [-0.15, -0.1) is 0 Å². The van der Waals surface area contributed by atoms with E-state index in [9.17, 15) is 4.79 Å². The fraction of sp³-hybridized carbons (Fsp3) is 0.500. The molecule has 1 aliphatic carbocycles. The first kappa shape index (κ1) is 16.3. The van der Waals surface area contributed by atoms with Crippen molar-refractivity contribution in [3.63, 3.8) is 0 Å². The second kappa shape index (κ2) is 7.00. The Hall–Kier alpha value is -2.14. The van der Waals surface area contributed by atoms with E-state index in [-0.39, 0.29) is 17.8 Å². The first-order valence-electron chi connectivity index (χ1n) is 9.00. The zero-order valence-electron chi connectivity index (χ0n) is 14.4. The van der Waals surface area contributed by atoms with Crippen molar-refractivity contribution in [3.8, 4) is 11.3 Å². The number of esters is 1. The van der Waals surface area contributed by atoms with Crippen LogP contribution in [-0.2, 0) is 9.47 Å². The summed E-state index contributed by atoms with van der Waals surface area (Å²) in [6.45, 7) is 3.70. The van der Waals surface area contributed by atoms with Crippen molar-refractivity contribution < 1.29 is 18.7 Å². The van der Waals surface area contributed by atoms with Gasteiger partial charge < -0.3 is 13.9 Å². The van der Waals surface area contributed by atoms with Crippen molar-refractivity contribution in [1.82, 2.24) is 4.98 Å².